The molecule has 0 spiro atoms. The van der Waals surface area contributed by atoms with E-state index in [2.05, 4.69) is 0 Å². The Hall–Kier alpha value is -1.71. The van der Waals surface area contributed by atoms with Crippen molar-refractivity contribution in [1.82, 2.24) is 0 Å². The second-order valence-electron chi connectivity index (χ2n) is 3.04. The molecule has 0 bridgehead atoms. The van der Waals surface area contributed by atoms with E-state index in [1.807, 2.05) is 19.9 Å². The van der Waals surface area contributed by atoms with Gasteiger partial charge in [0.05, 0.1) is 5.56 Å². The summed E-state index contributed by atoms with van der Waals surface area (Å²) in [6.07, 6.45) is 0. The highest BCUT2D eigenvalue weighted by Crippen LogP contribution is 2.31. The fourth-order valence-electron chi connectivity index (χ4n) is 1.45. The molecule has 0 amide bonds. The molecular formula is C11H14BNO4. The zero-order valence-electron chi connectivity index (χ0n) is 9.80. The predicted molar refractivity (Wildman–Crippen MR) is 63.3 cm³/mol. The van der Waals surface area contributed by atoms with Gasteiger partial charge in [0.15, 0.2) is 11.5 Å². The average Bonchev–Trinajstić information content (AvgIpc) is 2.39. The van der Waals surface area contributed by atoms with Gasteiger partial charge in [0.25, 0.3) is 0 Å². The molecule has 0 fully saturated rings. The van der Waals surface area contributed by atoms with Crippen molar-refractivity contribution in [3.05, 3.63) is 17.7 Å². The summed E-state index contributed by atoms with van der Waals surface area (Å²) in [7, 11) is -1.63. The second-order valence-corrected chi connectivity index (χ2v) is 3.04. The summed E-state index contributed by atoms with van der Waals surface area (Å²) in [4.78, 5) is 0. The zero-order chi connectivity index (χ0) is 12.8. The molecule has 2 N–H and O–H groups in total. The molecule has 6 heteroatoms. The van der Waals surface area contributed by atoms with Crippen LogP contribution in [0.4, 0.5) is 0 Å². The van der Waals surface area contributed by atoms with E-state index in [1.165, 1.54) is 12.1 Å². The fourth-order valence-corrected chi connectivity index (χ4v) is 1.45. The van der Waals surface area contributed by atoms with Crippen LogP contribution in [-0.4, -0.2) is 30.4 Å². The predicted octanol–water partition coefficient (Wildman–Crippen LogP) is 0.0355. The summed E-state index contributed by atoms with van der Waals surface area (Å²) in [5.74, 6) is 0.532. The Morgan fingerprint density at radius 3 is 2.29 bits per heavy atom. The highest BCUT2D eigenvalue weighted by Gasteiger charge is 2.25. The van der Waals surface area contributed by atoms with Crippen molar-refractivity contribution in [1.29, 1.82) is 5.26 Å². The normalized spacial score (nSPS) is 11.9. The van der Waals surface area contributed by atoms with E-state index in [-0.39, 0.29) is 17.0 Å². The minimum Gasteiger partial charge on any atom is -0.486 e. The van der Waals surface area contributed by atoms with E-state index in [4.69, 9.17) is 24.8 Å². The van der Waals surface area contributed by atoms with Crippen LogP contribution in [0.5, 0.6) is 11.5 Å². The number of nitrogens with zero attached hydrogens (tertiary/aromatic N) is 1. The third-order valence-electron chi connectivity index (χ3n) is 2.12. The summed E-state index contributed by atoms with van der Waals surface area (Å²) < 4.78 is 10.5. The number of hydrogen-bond acceptors (Lipinski definition) is 5. The summed E-state index contributed by atoms with van der Waals surface area (Å²) in [5.41, 5.74) is 0.540. The van der Waals surface area contributed by atoms with E-state index in [0.717, 1.165) is 0 Å². The van der Waals surface area contributed by atoms with Gasteiger partial charge < -0.3 is 19.5 Å². The van der Waals surface area contributed by atoms with Gasteiger partial charge in [-0.05, 0) is 6.07 Å². The molecule has 0 aliphatic carbocycles. The molecule has 1 aliphatic heterocycles. The van der Waals surface area contributed by atoms with Crippen LogP contribution in [0.2, 0.25) is 0 Å². The Bertz CT molecular complexity index is 428. The third kappa shape index (κ3) is 2.70. The largest absolute Gasteiger partial charge is 0.492 e. The SMILES string of the molecule is CC.N#Cc1ccc(B(O)O)c2c1OCCO2. The lowest BCUT2D eigenvalue weighted by molar-refractivity contribution is 0.172. The first kappa shape index (κ1) is 13.4. The highest BCUT2D eigenvalue weighted by atomic mass is 16.6. The summed E-state index contributed by atoms with van der Waals surface area (Å²) >= 11 is 0. The third-order valence-corrected chi connectivity index (χ3v) is 2.12. The number of ether oxygens (including phenoxy) is 2. The van der Waals surface area contributed by atoms with Gasteiger partial charge >= 0.3 is 7.12 Å². The minimum atomic E-state index is -1.63. The summed E-state index contributed by atoms with van der Waals surface area (Å²) in [6.45, 7) is 4.69. The highest BCUT2D eigenvalue weighted by molar-refractivity contribution is 6.59. The van der Waals surface area contributed by atoms with Gasteiger partial charge in [0, 0.05) is 5.46 Å². The van der Waals surface area contributed by atoms with E-state index in [0.29, 0.717) is 18.8 Å². The molecule has 0 atom stereocenters. The Kier molecular flexibility index (Phi) is 4.82. The van der Waals surface area contributed by atoms with Crippen LogP contribution < -0.4 is 14.9 Å². The van der Waals surface area contributed by atoms with Gasteiger partial charge in [-0.3, -0.25) is 0 Å². The molecule has 0 radical (unpaired) electrons. The second kappa shape index (κ2) is 6.13. The van der Waals surface area contributed by atoms with Crippen LogP contribution in [0, 0.1) is 11.3 Å². The number of nitriles is 1. The molecule has 1 heterocycles. The Labute approximate surface area is 100 Å². The van der Waals surface area contributed by atoms with Crippen molar-refractivity contribution in [2.45, 2.75) is 13.8 Å². The molecule has 1 aromatic carbocycles. The van der Waals surface area contributed by atoms with Crippen molar-refractivity contribution in [2.75, 3.05) is 13.2 Å². The first-order chi connectivity index (χ1) is 8.24. The van der Waals surface area contributed by atoms with Gasteiger partial charge in [-0.25, -0.2) is 0 Å². The first-order valence-corrected chi connectivity index (χ1v) is 5.42. The van der Waals surface area contributed by atoms with Crippen molar-refractivity contribution in [3.63, 3.8) is 0 Å². The topological polar surface area (TPSA) is 82.7 Å². The molecule has 0 aromatic heterocycles. The van der Waals surface area contributed by atoms with E-state index in [1.54, 1.807) is 0 Å². The van der Waals surface area contributed by atoms with Crippen LogP contribution in [-0.2, 0) is 0 Å². The van der Waals surface area contributed by atoms with Gasteiger partial charge in [0.2, 0.25) is 0 Å². The van der Waals surface area contributed by atoms with Crippen LogP contribution in [0.25, 0.3) is 0 Å². The lowest BCUT2D eigenvalue weighted by Crippen LogP contribution is -2.34. The number of benzene rings is 1. The van der Waals surface area contributed by atoms with E-state index < -0.39 is 7.12 Å². The Morgan fingerprint density at radius 1 is 1.18 bits per heavy atom. The van der Waals surface area contributed by atoms with Crippen molar-refractivity contribution in [3.8, 4) is 17.6 Å². The van der Waals surface area contributed by atoms with Crippen molar-refractivity contribution >= 4 is 12.6 Å². The van der Waals surface area contributed by atoms with Crippen molar-refractivity contribution in [2.24, 2.45) is 0 Å². The molecule has 17 heavy (non-hydrogen) atoms. The zero-order valence-corrected chi connectivity index (χ0v) is 9.80. The molecule has 0 saturated carbocycles. The number of rotatable bonds is 1. The van der Waals surface area contributed by atoms with Gasteiger partial charge in [-0.15, -0.1) is 0 Å². The number of hydrogen-bond donors (Lipinski definition) is 2. The Balaban J connectivity index is 0.000000686. The molecule has 0 unspecified atom stereocenters. The maximum atomic E-state index is 9.08. The van der Waals surface area contributed by atoms with Crippen LogP contribution in [0.3, 0.4) is 0 Å². The van der Waals surface area contributed by atoms with Crippen molar-refractivity contribution < 1.29 is 19.5 Å². The molecule has 1 aromatic rings. The molecule has 2 rings (SSSR count). The fraction of sp³-hybridized carbons (Fsp3) is 0.364. The lowest BCUT2D eigenvalue weighted by Gasteiger charge is -2.21. The summed E-state index contributed by atoms with van der Waals surface area (Å²) in [5, 5.41) is 27.0. The van der Waals surface area contributed by atoms with Gasteiger partial charge in [-0.2, -0.15) is 5.26 Å². The Morgan fingerprint density at radius 2 is 1.76 bits per heavy atom. The quantitative estimate of drug-likeness (QED) is 0.671. The monoisotopic (exact) mass is 235 g/mol. The molecule has 0 saturated heterocycles. The maximum absolute atomic E-state index is 9.08. The standard InChI is InChI=1S/C9H8BNO4.C2H6/c11-5-6-1-2-7(10(12)13)9-8(6)14-3-4-15-9;1-2/h1-2,12-13H,3-4H2;1-2H3. The van der Waals surface area contributed by atoms with E-state index >= 15 is 0 Å². The molecule has 90 valence electrons. The van der Waals surface area contributed by atoms with E-state index in [9.17, 15) is 0 Å². The van der Waals surface area contributed by atoms with Gasteiger partial charge in [0.1, 0.15) is 19.3 Å². The average molecular weight is 235 g/mol. The molecule has 5 nitrogen and oxygen atoms in total. The smallest absolute Gasteiger partial charge is 0.486 e. The molecular weight excluding hydrogens is 221 g/mol. The minimum absolute atomic E-state index is 0.212. The molecule has 1 aliphatic rings. The summed E-state index contributed by atoms with van der Waals surface area (Å²) in [6, 6.07) is 4.87. The van der Waals surface area contributed by atoms with Crippen LogP contribution >= 0.6 is 0 Å². The lowest BCUT2D eigenvalue weighted by atomic mass is 9.78. The number of fused-ring (bicyclic) bond motifs is 1. The van der Waals surface area contributed by atoms with Gasteiger partial charge in [-0.1, -0.05) is 19.9 Å². The van der Waals surface area contributed by atoms with Crippen LogP contribution in [0.1, 0.15) is 19.4 Å². The maximum Gasteiger partial charge on any atom is 0.492 e. The van der Waals surface area contributed by atoms with Crippen LogP contribution in [0.15, 0.2) is 12.1 Å². The first-order valence-electron chi connectivity index (χ1n) is 5.42.